The summed E-state index contributed by atoms with van der Waals surface area (Å²) in [6.07, 6.45) is 6.93. The number of hydrogen-bond acceptors (Lipinski definition) is 7. The van der Waals surface area contributed by atoms with E-state index in [2.05, 4.69) is 10.1 Å². The standard InChI is InChI=1S/C25H24N4O4/c1-5-33-25(30)12-21(16-8-19(31-3)11-20(9-16)32-4)22-6-7-23-24(28-22)10-17(13-26-23)18-14-27-29(2)15-18/h6-15H,5H2,1-4H3/b21-12+. The first-order valence-electron chi connectivity index (χ1n) is 10.4. The van der Waals surface area contributed by atoms with E-state index in [-0.39, 0.29) is 6.61 Å². The van der Waals surface area contributed by atoms with Gasteiger partial charge in [-0.15, -0.1) is 0 Å². The number of carbonyl (C=O) groups excluding carboxylic acids is 1. The van der Waals surface area contributed by atoms with Gasteiger partial charge < -0.3 is 14.2 Å². The van der Waals surface area contributed by atoms with Crippen molar-refractivity contribution in [3.8, 4) is 22.6 Å². The highest BCUT2D eigenvalue weighted by Crippen LogP contribution is 2.31. The Labute approximate surface area is 191 Å². The normalized spacial score (nSPS) is 11.5. The van der Waals surface area contributed by atoms with Gasteiger partial charge in [0, 0.05) is 48.3 Å². The fraction of sp³-hybridized carbons (Fsp3) is 0.200. The number of methoxy groups -OCH3 is 2. The van der Waals surface area contributed by atoms with E-state index in [0.29, 0.717) is 33.8 Å². The molecule has 0 amide bonds. The van der Waals surface area contributed by atoms with Crippen LogP contribution in [0, 0.1) is 0 Å². The molecule has 3 heterocycles. The van der Waals surface area contributed by atoms with Gasteiger partial charge in [0.2, 0.25) is 0 Å². The Kier molecular flexibility index (Phi) is 6.35. The molecule has 0 aliphatic rings. The molecule has 8 nitrogen and oxygen atoms in total. The molecule has 4 aromatic rings. The van der Waals surface area contributed by atoms with Crippen molar-refractivity contribution < 1.29 is 19.0 Å². The summed E-state index contributed by atoms with van der Waals surface area (Å²) in [5, 5.41) is 4.23. The molecular formula is C25H24N4O4. The summed E-state index contributed by atoms with van der Waals surface area (Å²) in [7, 11) is 5.02. The number of ether oxygens (including phenoxy) is 3. The number of pyridine rings is 2. The van der Waals surface area contributed by atoms with Crippen molar-refractivity contribution in [2.24, 2.45) is 7.05 Å². The molecule has 0 saturated carbocycles. The van der Waals surface area contributed by atoms with E-state index in [1.165, 1.54) is 6.08 Å². The van der Waals surface area contributed by atoms with Gasteiger partial charge in [0.1, 0.15) is 11.5 Å². The van der Waals surface area contributed by atoms with Gasteiger partial charge >= 0.3 is 5.97 Å². The molecule has 0 N–H and O–H groups in total. The number of aromatic nitrogens is 4. The summed E-state index contributed by atoms with van der Waals surface area (Å²) < 4.78 is 17.7. The van der Waals surface area contributed by atoms with E-state index in [4.69, 9.17) is 19.2 Å². The molecule has 0 spiro atoms. The van der Waals surface area contributed by atoms with Crippen molar-refractivity contribution in [2.75, 3.05) is 20.8 Å². The maximum Gasteiger partial charge on any atom is 0.331 e. The number of rotatable bonds is 7. The lowest BCUT2D eigenvalue weighted by atomic mass is 10.0. The molecule has 168 valence electrons. The highest BCUT2D eigenvalue weighted by molar-refractivity contribution is 5.96. The van der Waals surface area contributed by atoms with Crippen molar-refractivity contribution in [1.82, 2.24) is 19.7 Å². The van der Waals surface area contributed by atoms with E-state index in [1.54, 1.807) is 44.3 Å². The van der Waals surface area contributed by atoms with Crippen molar-refractivity contribution in [3.63, 3.8) is 0 Å². The third-order valence-electron chi connectivity index (χ3n) is 5.06. The maximum atomic E-state index is 12.4. The second kappa shape index (κ2) is 9.52. The number of nitrogens with zero attached hydrogens (tertiary/aromatic N) is 4. The van der Waals surface area contributed by atoms with Crippen LogP contribution in [0.5, 0.6) is 11.5 Å². The van der Waals surface area contributed by atoms with E-state index in [1.807, 2.05) is 43.6 Å². The summed E-state index contributed by atoms with van der Waals surface area (Å²) in [6.45, 7) is 2.04. The first kappa shape index (κ1) is 22.0. The van der Waals surface area contributed by atoms with Crippen LogP contribution in [-0.2, 0) is 16.6 Å². The quantitative estimate of drug-likeness (QED) is 0.314. The van der Waals surface area contributed by atoms with Crippen molar-refractivity contribution >= 4 is 22.6 Å². The van der Waals surface area contributed by atoms with Crippen LogP contribution in [0.25, 0.3) is 27.7 Å². The second-order valence-corrected chi connectivity index (χ2v) is 7.27. The van der Waals surface area contributed by atoms with Crippen LogP contribution >= 0.6 is 0 Å². The molecule has 0 bridgehead atoms. The van der Waals surface area contributed by atoms with Gasteiger partial charge in [-0.25, -0.2) is 9.78 Å². The molecule has 0 unspecified atom stereocenters. The van der Waals surface area contributed by atoms with E-state index < -0.39 is 5.97 Å². The molecule has 3 aromatic heterocycles. The summed E-state index contributed by atoms with van der Waals surface area (Å²) in [6, 6.07) is 11.1. The summed E-state index contributed by atoms with van der Waals surface area (Å²) in [4.78, 5) is 21.8. The van der Waals surface area contributed by atoms with Crippen LogP contribution in [0.15, 0.2) is 61.1 Å². The first-order chi connectivity index (χ1) is 16.0. The number of aryl methyl sites for hydroxylation is 1. The molecule has 0 fully saturated rings. The molecular weight excluding hydrogens is 420 g/mol. The monoisotopic (exact) mass is 444 g/mol. The number of hydrogen-bond donors (Lipinski definition) is 0. The molecule has 8 heteroatoms. The van der Waals surface area contributed by atoms with Gasteiger partial charge in [-0.2, -0.15) is 5.10 Å². The third-order valence-corrected chi connectivity index (χ3v) is 5.06. The third kappa shape index (κ3) is 4.85. The molecule has 0 aliphatic carbocycles. The van der Waals surface area contributed by atoms with Crippen LogP contribution < -0.4 is 9.47 Å². The van der Waals surface area contributed by atoms with Crippen LogP contribution in [0.3, 0.4) is 0 Å². The lowest BCUT2D eigenvalue weighted by Crippen LogP contribution is -2.03. The molecule has 0 saturated heterocycles. The summed E-state index contributed by atoms with van der Waals surface area (Å²) >= 11 is 0. The van der Waals surface area contributed by atoms with Gasteiger partial charge in [-0.05, 0) is 42.8 Å². The Bertz CT molecular complexity index is 1320. The average molecular weight is 444 g/mol. The lowest BCUT2D eigenvalue weighted by molar-refractivity contribution is -0.137. The highest BCUT2D eigenvalue weighted by atomic mass is 16.5. The zero-order chi connectivity index (χ0) is 23.4. The molecule has 0 radical (unpaired) electrons. The predicted octanol–water partition coefficient (Wildman–Crippen LogP) is 4.04. The van der Waals surface area contributed by atoms with E-state index in [0.717, 1.165) is 16.6 Å². The van der Waals surface area contributed by atoms with Crippen LogP contribution in [0.4, 0.5) is 0 Å². The van der Waals surface area contributed by atoms with Crippen LogP contribution in [0.2, 0.25) is 0 Å². The van der Waals surface area contributed by atoms with Crippen molar-refractivity contribution in [1.29, 1.82) is 0 Å². The summed E-state index contributed by atoms with van der Waals surface area (Å²) in [5.41, 5.74) is 5.17. The van der Waals surface area contributed by atoms with Gasteiger partial charge in [-0.3, -0.25) is 9.67 Å². The molecule has 1 aromatic carbocycles. The Morgan fingerprint density at radius 2 is 1.76 bits per heavy atom. The van der Waals surface area contributed by atoms with Crippen molar-refractivity contribution in [3.05, 3.63) is 72.3 Å². The van der Waals surface area contributed by atoms with Crippen LogP contribution in [-0.4, -0.2) is 46.5 Å². The summed E-state index contributed by atoms with van der Waals surface area (Å²) in [5.74, 6) is 0.735. The minimum Gasteiger partial charge on any atom is -0.497 e. The van der Waals surface area contributed by atoms with E-state index in [9.17, 15) is 4.79 Å². The smallest absolute Gasteiger partial charge is 0.331 e. The fourth-order valence-corrected chi connectivity index (χ4v) is 3.45. The largest absolute Gasteiger partial charge is 0.497 e. The molecule has 33 heavy (non-hydrogen) atoms. The fourth-order valence-electron chi connectivity index (χ4n) is 3.45. The average Bonchev–Trinajstić information content (AvgIpc) is 3.27. The highest BCUT2D eigenvalue weighted by Gasteiger charge is 2.14. The molecule has 0 atom stereocenters. The van der Waals surface area contributed by atoms with Gasteiger partial charge in [0.25, 0.3) is 0 Å². The zero-order valence-electron chi connectivity index (χ0n) is 18.9. The topological polar surface area (TPSA) is 88.4 Å². The minimum absolute atomic E-state index is 0.271. The lowest BCUT2D eigenvalue weighted by Gasteiger charge is -2.12. The second-order valence-electron chi connectivity index (χ2n) is 7.27. The predicted molar refractivity (Wildman–Crippen MR) is 125 cm³/mol. The first-order valence-corrected chi connectivity index (χ1v) is 10.4. The SMILES string of the molecule is CCOC(=O)/C=C(\c1cc(OC)cc(OC)c1)c1ccc2ncc(-c3cnn(C)c3)cc2n1. The Morgan fingerprint density at radius 3 is 2.39 bits per heavy atom. The van der Waals surface area contributed by atoms with E-state index >= 15 is 0 Å². The number of benzene rings is 1. The minimum atomic E-state index is -0.460. The maximum absolute atomic E-state index is 12.4. The van der Waals surface area contributed by atoms with Crippen LogP contribution in [0.1, 0.15) is 18.2 Å². The van der Waals surface area contributed by atoms with Gasteiger partial charge in [0.15, 0.2) is 0 Å². The molecule has 4 rings (SSSR count). The number of fused-ring (bicyclic) bond motifs is 1. The van der Waals surface area contributed by atoms with Gasteiger partial charge in [0.05, 0.1) is 43.8 Å². The van der Waals surface area contributed by atoms with Gasteiger partial charge in [-0.1, -0.05) is 0 Å². The molecule has 0 aliphatic heterocycles. The Balaban J connectivity index is 1.86. The Morgan fingerprint density at radius 1 is 1.00 bits per heavy atom. The number of carbonyl (C=O) groups is 1. The Hall–Kier alpha value is -4.20. The number of esters is 1. The van der Waals surface area contributed by atoms with Crippen molar-refractivity contribution in [2.45, 2.75) is 6.92 Å². The zero-order valence-corrected chi connectivity index (χ0v) is 18.9.